The van der Waals surface area contributed by atoms with Crippen LogP contribution < -0.4 is 4.74 Å². The molecule has 0 unspecified atom stereocenters. The maximum Gasteiger partial charge on any atom is 0.325 e. The number of rotatable bonds is 9. The van der Waals surface area contributed by atoms with E-state index in [1.165, 1.54) is 12.0 Å². The van der Waals surface area contributed by atoms with E-state index in [0.29, 0.717) is 26.0 Å². The van der Waals surface area contributed by atoms with E-state index < -0.39 is 5.97 Å². The highest BCUT2D eigenvalue weighted by molar-refractivity contribution is 5.82. The number of hydrogen-bond donors (Lipinski definition) is 0. The van der Waals surface area contributed by atoms with Crippen LogP contribution in [0.2, 0.25) is 0 Å². The van der Waals surface area contributed by atoms with Crippen LogP contribution in [0.15, 0.2) is 54.6 Å². The molecule has 1 amide bonds. The third-order valence-corrected chi connectivity index (χ3v) is 4.00. The van der Waals surface area contributed by atoms with E-state index in [9.17, 15) is 9.59 Å². The van der Waals surface area contributed by atoms with Crippen molar-refractivity contribution in [3.63, 3.8) is 0 Å². The van der Waals surface area contributed by atoms with Gasteiger partial charge in [-0.3, -0.25) is 9.59 Å². The molecule has 0 aromatic heterocycles. The third-order valence-electron chi connectivity index (χ3n) is 4.00. The molecule has 5 heteroatoms. The normalized spacial score (nSPS) is 10.2. The molecule has 2 rings (SSSR count). The Morgan fingerprint density at radius 2 is 1.69 bits per heavy atom. The van der Waals surface area contributed by atoms with E-state index in [0.717, 1.165) is 16.9 Å². The fraction of sp³-hybridized carbons (Fsp3) is 0.333. The SMILES string of the molecule is CCOc1ccccc1CCC(=O)N(CC(=O)OC)Cc1ccccc1. The predicted molar refractivity (Wildman–Crippen MR) is 99.8 cm³/mol. The molecule has 0 saturated heterocycles. The van der Waals surface area contributed by atoms with Crippen molar-refractivity contribution in [3.8, 4) is 5.75 Å². The molecule has 26 heavy (non-hydrogen) atoms. The molecule has 0 aliphatic heterocycles. The number of benzene rings is 2. The number of esters is 1. The largest absolute Gasteiger partial charge is 0.494 e. The Morgan fingerprint density at radius 3 is 2.38 bits per heavy atom. The van der Waals surface area contributed by atoms with Gasteiger partial charge in [-0.1, -0.05) is 48.5 Å². The lowest BCUT2D eigenvalue weighted by Gasteiger charge is -2.22. The van der Waals surface area contributed by atoms with Gasteiger partial charge in [0, 0.05) is 13.0 Å². The monoisotopic (exact) mass is 355 g/mol. The summed E-state index contributed by atoms with van der Waals surface area (Å²) < 4.78 is 10.3. The van der Waals surface area contributed by atoms with E-state index in [2.05, 4.69) is 0 Å². The van der Waals surface area contributed by atoms with Crippen molar-refractivity contribution in [3.05, 3.63) is 65.7 Å². The molecule has 0 aliphatic carbocycles. The Bertz CT molecular complexity index is 715. The quantitative estimate of drug-likeness (QED) is 0.648. The second-order valence-corrected chi connectivity index (χ2v) is 5.85. The van der Waals surface area contributed by atoms with Crippen LogP contribution in [-0.4, -0.2) is 37.0 Å². The minimum Gasteiger partial charge on any atom is -0.494 e. The van der Waals surface area contributed by atoms with Crippen molar-refractivity contribution in [2.24, 2.45) is 0 Å². The zero-order valence-corrected chi connectivity index (χ0v) is 15.3. The lowest BCUT2D eigenvalue weighted by molar-refractivity contribution is -0.147. The van der Waals surface area contributed by atoms with Gasteiger partial charge in [-0.05, 0) is 30.5 Å². The Kier molecular flexibility index (Phi) is 7.68. The van der Waals surface area contributed by atoms with Crippen LogP contribution >= 0.6 is 0 Å². The first-order valence-electron chi connectivity index (χ1n) is 8.73. The fourth-order valence-corrected chi connectivity index (χ4v) is 2.66. The third kappa shape index (κ3) is 5.92. The molecule has 138 valence electrons. The van der Waals surface area contributed by atoms with Crippen molar-refractivity contribution in [2.45, 2.75) is 26.3 Å². The lowest BCUT2D eigenvalue weighted by atomic mass is 10.1. The van der Waals surface area contributed by atoms with Gasteiger partial charge in [0.1, 0.15) is 12.3 Å². The Morgan fingerprint density at radius 1 is 1.00 bits per heavy atom. The van der Waals surface area contributed by atoms with E-state index in [-0.39, 0.29) is 12.5 Å². The molecule has 0 radical (unpaired) electrons. The van der Waals surface area contributed by atoms with Gasteiger partial charge in [-0.15, -0.1) is 0 Å². The van der Waals surface area contributed by atoms with Crippen LogP contribution in [0.3, 0.4) is 0 Å². The molecule has 0 spiro atoms. The maximum absolute atomic E-state index is 12.7. The molecule has 2 aromatic carbocycles. The summed E-state index contributed by atoms with van der Waals surface area (Å²) in [5, 5.41) is 0. The number of amides is 1. The smallest absolute Gasteiger partial charge is 0.325 e. The minimum absolute atomic E-state index is 0.0582. The van der Waals surface area contributed by atoms with Crippen LogP contribution in [0.5, 0.6) is 5.75 Å². The zero-order chi connectivity index (χ0) is 18.8. The predicted octanol–water partition coefficient (Wildman–Crippen LogP) is 3.22. The fourth-order valence-electron chi connectivity index (χ4n) is 2.66. The molecule has 0 saturated carbocycles. The average molecular weight is 355 g/mol. The number of carbonyl (C=O) groups excluding carboxylic acids is 2. The van der Waals surface area contributed by atoms with Gasteiger partial charge in [0.05, 0.1) is 13.7 Å². The molecule has 0 atom stereocenters. The molecule has 0 bridgehead atoms. The Labute approximate surface area is 154 Å². The Balaban J connectivity index is 2.05. The van der Waals surface area contributed by atoms with Crippen LogP contribution in [0, 0.1) is 0 Å². The topological polar surface area (TPSA) is 55.8 Å². The van der Waals surface area contributed by atoms with Gasteiger partial charge in [0.15, 0.2) is 0 Å². The Hall–Kier alpha value is -2.82. The number of carbonyl (C=O) groups is 2. The van der Waals surface area contributed by atoms with Crippen LogP contribution in [-0.2, 0) is 27.3 Å². The van der Waals surface area contributed by atoms with Gasteiger partial charge >= 0.3 is 5.97 Å². The zero-order valence-electron chi connectivity index (χ0n) is 15.3. The van der Waals surface area contributed by atoms with Gasteiger partial charge in [0.2, 0.25) is 5.91 Å². The number of para-hydroxylation sites is 1. The minimum atomic E-state index is -0.427. The van der Waals surface area contributed by atoms with Crippen molar-refractivity contribution in [1.29, 1.82) is 0 Å². The van der Waals surface area contributed by atoms with Gasteiger partial charge < -0.3 is 14.4 Å². The van der Waals surface area contributed by atoms with E-state index in [1.54, 1.807) is 0 Å². The van der Waals surface area contributed by atoms with Gasteiger partial charge in [-0.25, -0.2) is 0 Å². The van der Waals surface area contributed by atoms with Crippen molar-refractivity contribution >= 4 is 11.9 Å². The lowest BCUT2D eigenvalue weighted by Crippen LogP contribution is -2.35. The van der Waals surface area contributed by atoms with Crippen molar-refractivity contribution in [1.82, 2.24) is 4.90 Å². The summed E-state index contributed by atoms with van der Waals surface area (Å²) in [6, 6.07) is 17.3. The van der Waals surface area contributed by atoms with Gasteiger partial charge in [0.25, 0.3) is 0 Å². The standard InChI is InChI=1S/C21H25NO4/c1-3-26-19-12-8-7-11-18(19)13-14-20(23)22(16-21(24)25-2)15-17-9-5-4-6-10-17/h4-12H,3,13-16H2,1-2H3. The summed E-state index contributed by atoms with van der Waals surface area (Å²) in [5.41, 5.74) is 1.96. The van der Waals surface area contributed by atoms with E-state index >= 15 is 0 Å². The highest BCUT2D eigenvalue weighted by Gasteiger charge is 2.18. The van der Waals surface area contributed by atoms with Crippen LogP contribution in [0.25, 0.3) is 0 Å². The molecule has 0 aliphatic rings. The molecule has 0 heterocycles. The maximum atomic E-state index is 12.7. The van der Waals surface area contributed by atoms with E-state index in [4.69, 9.17) is 9.47 Å². The second-order valence-electron chi connectivity index (χ2n) is 5.85. The molecule has 0 N–H and O–H groups in total. The molecule has 2 aromatic rings. The number of methoxy groups -OCH3 is 1. The summed E-state index contributed by atoms with van der Waals surface area (Å²) in [4.78, 5) is 25.9. The first kappa shape index (κ1) is 19.5. The number of nitrogens with zero attached hydrogens (tertiary/aromatic N) is 1. The van der Waals surface area contributed by atoms with Crippen LogP contribution in [0.1, 0.15) is 24.5 Å². The second kappa shape index (κ2) is 10.2. The van der Waals surface area contributed by atoms with Gasteiger partial charge in [-0.2, -0.15) is 0 Å². The van der Waals surface area contributed by atoms with E-state index in [1.807, 2.05) is 61.5 Å². The summed E-state index contributed by atoms with van der Waals surface area (Å²) in [7, 11) is 1.33. The highest BCUT2D eigenvalue weighted by atomic mass is 16.5. The number of aryl methyl sites for hydroxylation is 1. The highest BCUT2D eigenvalue weighted by Crippen LogP contribution is 2.20. The number of ether oxygens (including phenoxy) is 2. The molecule has 0 fully saturated rings. The summed E-state index contributed by atoms with van der Waals surface area (Å²) in [6.07, 6.45) is 0.857. The molecule has 5 nitrogen and oxygen atoms in total. The summed E-state index contributed by atoms with van der Waals surface area (Å²) >= 11 is 0. The first-order valence-corrected chi connectivity index (χ1v) is 8.73. The summed E-state index contributed by atoms with van der Waals surface area (Å²) in [5.74, 6) is 0.278. The number of hydrogen-bond acceptors (Lipinski definition) is 4. The van der Waals surface area contributed by atoms with Crippen molar-refractivity contribution in [2.75, 3.05) is 20.3 Å². The molecular formula is C21H25NO4. The van der Waals surface area contributed by atoms with Crippen molar-refractivity contribution < 1.29 is 19.1 Å². The molecular weight excluding hydrogens is 330 g/mol. The van der Waals surface area contributed by atoms with Crippen LogP contribution in [0.4, 0.5) is 0 Å². The summed E-state index contributed by atoms with van der Waals surface area (Å²) in [6.45, 7) is 2.83. The first-order chi connectivity index (χ1) is 12.6. The average Bonchev–Trinajstić information content (AvgIpc) is 2.67.